The lowest BCUT2D eigenvalue weighted by atomic mass is 10.0. The van der Waals surface area contributed by atoms with E-state index in [1.54, 1.807) is 0 Å². The van der Waals surface area contributed by atoms with Gasteiger partial charge in [0.05, 0.1) is 0 Å². The number of phenolic OH excluding ortho intramolecular Hbond substituents is 1. The molecule has 1 rings (SSSR count). The van der Waals surface area contributed by atoms with Crippen LogP contribution in [0, 0.1) is 0 Å². The van der Waals surface area contributed by atoms with Gasteiger partial charge in [0.1, 0.15) is 10.6 Å². The molecule has 0 aliphatic rings. The summed E-state index contributed by atoms with van der Waals surface area (Å²) in [4.78, 5) is -0.170. The molecule has 0 atom stereocenters. The number of unbranched alkanes of at least 4 members (excludes halogenated alkanes) is 12. The first-order valence-electron chi connectivity index (χ1n) is 10.2. The van der Waals surface area contributed by atoms with E-state index in [-0.39, 0.29) is 10.6 Å². The third kappa shape index (κ3) is 9.58. The zero-order chi connectivity index (χ0) is 19.3. The van der Waals surface area contributed by atoms with E-state index >= 15 is 0 Å². The van der Waals surface area contributed by atoms with Crippen molar-refractivity contribution in [3.8, 4) is 5.75 Å². The van der Waals surface area contributed by atoms with Gasteiger partial charge in [-0.3, -0.25) is 4.55 Å². The van der Waals surface area contributed by atoms with Crippen LogP contribution in [0.5, 0.6) is 5.75 Å². The standard InChI is InChI=1S/C21H36O4S/c1-2-3-4-5-6-7-8-9-10-11-12-13-14-16-19-20(22)17-15-18-21(19)26(23,24)25/h15,17-18,22H,2-14,16H2,1H3,(H,23,24,25). The summed E-state index contributed by atoms with van der Waals surface area (Å²) in [5.74, 6) is -0.0564. The molecular weight excluding hydrogens is 348 g/mol. The first-order chi connectivity index (χ1) is 12.5. The topological polar surface area (TPSA) is 74.6 Å². The molecule has 1 aromatic carbocycles. The molecule has 0 bridgehead atoms. The summed E-state index contributed by atoms with van der Waals surface area (Å²) < 4.78 is 32.0. The van der Waals surface area contributed by atoms with E-state index in [2.05, 4.69) is 6.92 Å². The van der Waals surface area contributed by atoms with Crippen molar-refractivity contribution < 1.29 is 18.1 Å². The predicted octanol–water partition coefficient (Wildman–Crippen LogP) is 6.27. The van der Waals surface area contributed by atoms with E-state index in [0.29, 0.717) is 12.0 Å². The van der Waals surface area contributed by atoms with Crippen molar-refractivity contribution in [2.24, 2.45) is 0 Å². The molecule has 5 heteroatoms. The lowest BCUT2D eigenvalue weighted by Gasteiger charge is -2.09. The highest BCUT2D eigenvalue weighted by Gasteiger charge is 2.17. The number of phenols is 1. The predicted molar refractivity (Wildman–Crippen MR) is 107 cm³/mol. The second kappa shape index (κ2) is 13.2. The summed E-state index contributed by atoms with van der Waals surface area (Å²) in [6.07, 6.45) is 16.7. The minimum Gasteiger partial charge on any atom is -0.508 e. The number of hydrogen-bond donors (Lipinski definition) is 2. The Balaban J connectivity index is 2.10. The molecular formula is C21H36O4S. The smallest absolute Gasteiger partial charge is 0.294 e. The van der Waals surface area contributed by atoms with Crippen molar-refractivity contribution in [1.29, 1.82) is 0 Å². The van der Waals surface area contributed by atoms with Crippen LogP contribution in [-0.4, -0.2) is 18.1 Å². The Bertz CT molecular complexity index is 596. The fraction of sp³-hybridized carbons (Fsp3) is 0.714. The van der Waals surface area contributed by atoms with E-state index in [4.69, 9.17) is 0 Å². The van der Waals surface area contributed by atoms with Crippen LogP contribution >= 0.6 is 0 Å². The maximum absolute atomic E-state index is 11.4. The van der Waals surface area contributed by atoms with Gasteiger partial charge in [0.15, 0.2) is 0 Å². The van der Waals surface area contributed by atoms with Gasteiger partial charge in [-0.2, -0.15) is 8.42 Å². The molecule has 0 spiro atoms. The number of benzene rings is 1. The average Bonchev–Trinajstić information content (AvgIpc) is 2.59. The van der Waals surface area contributed by atoms with Crippen molar-refractivity contribution >= 4 is 10.1 Å². The number of hydrogen-bond acceptors (Lipinski definition) is 3. The van der Waals surface area contributed by atoms with E-state index in [1.807, 2.05) is 0 Å². The molecule has 26 heavy (non-hydrogen) atoms. The van der Waals surface area contributed by atoms with Crippen LogP contribution in [-0.2, 0) is 16.5 Å². The lowest BCUT2D eigenvalue weighted by Crippen LogP contribution is -2.03. The lowest BCUT2D eigenvalue weighted by molar-refractivity contribution is 0.455. The largest absolute Gasteiger partial charge is 0.508 e. The third-order valence-corrected chi connectivity index (χ3v) is 5.85. The molecule has 0 fully saturated rings. The van der Waals surface area contributed by atoms with Crippen molar-refractivity contribution in [3.63, 3.8) is 0 Å². The summed E-state index contributed by atoms with van der Waals surface area (Å²) in [6, 6.07) is 4.24. The summed E-state index contributed by atoms with van der Waals surface area (Å²) >= 11 is 0. The summed E-state index contributed by atoms with van der Waals surface area (Å²) in [7, 11) is -4.28. The van der Waals surface area contributed by atoms with E-state index < -0.39 is 10.1 Å². The van der Waals surface area contributed by atoms with Crippen LogP contribution in [0.4, 0.5) is 0 Å². The average molecular weight is 385 g/mol. The molecule has 0 heterocycles. The molecule has 4 nitrogen and oxygen atoms in total. The highest BCUT2D eigenvalue weighted by atomic mass is 32.2. The monoisotopic (exact) mass is 384 g/mol. The van der Waals surface area contributed by atoms with Crippen LogP contribution in [0.25, 0.3) is 0 Å². The summed E-state index contributed by atoms with van der Waals surface area (Å²) in [5.41, 5.74) is 0.332. The normalized spacial score (nSPS) is 11.8. The Hall–Kier alpha value is -1.07. The van der Waals surface area contributed by atoms with Gasteiger partial charge in [-0.05, 0) is 25.0 Å². The van der Waals surface area contributed by atoms with Gasteiger partial charge in [0, 0.05) is 5.56 Å². The Kier molecular flexibility index (Phi) is 11.6. The van der Waals surface area contributed by atoms with Gasteiger partial charge >= 0.3 is 0 Å². The second-order valence-corrected chi connectivity index (χ2v) is 8.61. The van der Waals surface area contributed by atoms with Gasteiger partial charge in [-0.15, -0.1) is 0 Å². The Morgan fingerprint density at radius 2 is 1.23 bits per heavy atom. The second-order valence-electron chi connectivity index (χ2n) is 7.22. The molecule has 0 aliphatic heterocycles. The minimum atomic E-state index is -4.28. The molecule has 0 saturated carbocycles. The first kappa shape index (κ1) is 23.0. The molecule has 0 radical (unpaired) electrons. The zero-order valence-corrected chi connectivity index (χ0v) is 17.1. The van der Waals surface area contributed by atoms with Crippen LogP contribution in [0.3, 0.4) is 0 Å². The zero-order valence-electron chi connectivity index (χ0n) is 16.3. The molecule has 0 saturated heterocycles. The van der Waals surface area contributed by atoms with Crippen molar-refractivity contribution in [3.05, 3.63) is 23.8 Å². The Labute approximate surface area is 159 Å². The fourth-order valence-corrected chi connectivity index (χ4v) is 4.14. The van der Waals surface area contributed by atoms with Gasteiger partial charge in [-0.1, -0.05) is 90.0 Å². The van der Waals surface area contributed by atoms with Crippen LogP contribution < -0.4 is 0 Å². The number of rotatable bonds is 15. The van der Waals surface area contributed by atoms with Crippen molar-refractivity contribution in [1.82, 2.24) is 0 Å². The highest BCUT2D eigenvalue weighted by molar-refractivity contribution is 7.85. The first-order valence-corrected chi connectivity index (χ1v) is 11.7. The quantitative estimate of drug-likeness (QED) is 0.276. The van der Waals surface area contributed by atoms with Crippen LogP contribution in [0.15, 0.2) is 23.1 Å². The molecule has 150 valence electrons. The molecule has 0 aliphatic carbocycles. The third-order valence-electron chi connectivity index (χ3n) is 4.92. The Morgan fingerprint density at radius 1 is 0.769 bits per heavy atom. The van der Waals surface area contributed by atoms with Gasteiger partial charge in [0.25, 0.3) is 10.1 Å². The highest BCUT2D eigenvalue weighted by Crippen LogP contribution is 2.27. The number of aromatic hydroxyl groups is 1. The maximum atomic E-state index is 11.4. The van der Waals surface area contributed by atoms with E-state index in [1.165, 1.54) is 82.4 Å². The molecule has 2 N–H and O–H groups in total. The summed E-state index contributed by atoms with van der Waals surface area (Å²) in [5, 5.41) is 9.87. The van der Waals surface area contributed by atoms with Gasteiger partial charge < -0.3 is 5.11 Å². The van der Waals surface area contributed by atoms with Crippen LogP contribution in [0.2, 0.25) is 0 Å². The Morgan fingerprint density at radius 3 is 1.69 bits per heavy atom. The van der Waals surface area contributed by atoms with Gasteiger partial charge in [-0.25, -0.2) is 0 Å². The van der Waals surface area contributed by atoms with E-state index in [9.17, 15) is 18.1 Å². The molecule has 0 unspecified atom stereocenters. The minimum absolute atomic E-state index is 0.0564. The van der Waals surface area contributed by atoms with Crippen LogP contribution in [0.1, 0.15) is 96.0 Å². The SMILES string of the molecule is CCCCCCCCCCCCCCCc1c(O)cccc1S(=O)(=O)O. The van der Waals surface area contributed by atoms with Crippen molar-refractivity contribution in [2.75, 3.05) is 0 Å². The van der Waals surface area contributed by atoms with Crippen molar-refractivity contribution in [2.45, 2.75) is 102 Å². The molecule has 0 aromatic heterocycles. The van der Waals surface area contributed by atoms with E-state index in [0.717, 1.165) is 19.3 Å². The molecule has 0 amide bonds. The summed E-state index contributed by atoms with van der Waals surface area (Å²) in [6.45, 7) is 2.25. The maximum Gasteiger partial charge on any atom is 0.294 e. The van der Waals surface area contributed by atoms with Gasteiger partial charge in [0.2, 0.25) is 0 Å². The molecule has 1 aromatic rings. The fourth-order valence-electron chi connectivity index (χ4n) is 3.37.